The first-order valence-electron chi connectivity index (χ1n) is 5.87. The highest BCUT2D eigenvalue weighted by atomic mass is 32.2. The fourth-order valence-electron chi connectivity index (χ4n) is 2.05. The maximum absolute atomic E-state index is 11.1. The quantitative estimate of drug-likeness (QED) is 0.869. The second-order valence-electron chi connectivity index (χ2n) is 4.66. The van der Waals surface area contributed by atoms with E-state index in [0.717, 1.165) is 12.2 Å². The Hall–Kier alpha value is -0.720. The van der Waals surface area contributed by atoms with Crippen molar-refractivity contribution in [2.75, 3.05) is 18.1 Å². The molecule has 1 saturated carbocycles. The third-order valence-electron chi connectivity index (χ3n) is 3.50. The highest BCUT2D eigenvalue weighted by Crippen LogP contribution is 2.42. The van der Waals surface area contributed by atoms with Crippen LogP contribution in [-0.4, -0.2) is 26.0 Å². The number of hydrogen-bond donors (Lipinski definition) is 2. The van der Waals surface area contributed by atoms with Gasteiger partial charge in [-0.25, -0.2) is 13.6 Å². The van der Waals surface area contributed by atoms with Crippen molar-refractivity contribution in [3.63, 3.8) is 0 Å². The summed E-state index contributed by atoms with van der Waals surface area (Å²) >= 11 is 1.91. The zero-order valence-electron chi connectivity index (χ0n) is 10.3. The smallest absolute Gasteiger partial charge is 0.238 e. The van der Waals surface area contributed by atoms with Crippen molar-refractivity contribution in [2.45, 2.75) is 28.9 Å². The van der Waals surface area contributed by atoms with E-state index in [1.165, 1.54) is 31.4 Å². The molecule has 1 aliphatic carbocycles. The molecule has 1 aromatic rings. The Morgan fingerprint density at radius 3 is 2.33 bits per heavy atom. The van der Waals surface area contributed by atoms with Crippen LogP contribution in [0.5, 0.6) is 0 Å². The van der Waals surface area contributed by atoms with E-state index < -0.39 is 10.0 Å². The molecule has 6 heteroatoms. The molecule has 2 rings (SSSR count). The van der Waals surface area contributed by atoms with Gasteiger partial charge >= 0.3 is 0 Å². The van der Waals surface area contributed by atoms with Gasteiger partial charge in [0.05, 0.1) is 4.90 Å². The molecular formula is C12H18N2O2S2. The minimum Gasteiger partial charge on any atom is -0.384 e. The van der Waals surface area contributed by atoms with E-state index in [0.29, 0.717) is 4.75 Å². The zero-order valence-corrected chi connectivity index (χ0v) is 12.0. The summed E-state index contributed by atoms with van der Waals surface area (Å²) in [6, 6.07) is 6.58. The van der Waals surface area contributed by atoms with Gasteiger partial charge in [0.15, 0.2) is 0 Å². The third kappa shape index (κ3) is 2.99. The van der Waals surface area contributed by atoms with Gasteiger partial charge in [-0.15, -0.1) is 0 Å². The molecule has 0 heterocycles. The number of anilines is 1. The van der Waals surface area contributed by atoms with Crippen LogP contribution in [0, 0.1) is 0 Å². The Bertz CT molecular complexity index is 502. The maximum atomic E-state index is 11.1. The topological polar surface area (TPSA) is 72.2 Å². The molecule has 100 valence electrons. The first kappa shape index (κ1) is 13.7. The third-order valence-corrected chi connectivity index (χ3v) is 5.84. The van der Waals surface area contributed by atoms with Crippen molar-refractivity contribution in [2.24, 2.45) is 5.14 Å². The monoisotopic (exact) mass is 286 g/mol. The van der Waals surface area contributed by atoms with Gasteiger partial charge in [0.25, 0.3) is 0 Å². The highest BCUT2D eigenvalue weighted by molar-refractivity contribution is 8.00. The summed E-state index contributed by atoms with van der Waals surface area (Å²) < 4.78 is 22.6. The first-order valence-corrected chi connectivity index (χ1v) is 8.64. The first-order chi connectivity index (χ1) is 8.45. The Morgan fingerprint density at radius 2 is 1.94 bits per heavy atom. The number of primary sulfonamides is 1. The zero-order chi connectivity index (χ0) is 13.2. The fourth-order valence-corrected chi connectivity index (χ4v) is 3.48. The lowest BCUT2D eigenvalue weighted by Gasteiger charge is -2.40. The van der Waals surface area contributed by atoms with Crippen LogP contribution in [-0.2, 0) is 10.0 Å². The molecule has 0 amide bonds. The molecule has 0 atom stereocenters. The van der Waals surface area contributed by atoms with Crippen molar-refractivity contribution >= 4 is 27.5 Å². The number of benzene rings is 1. The van der Waals surface area contributed by atoms with Gasteiger partial charge < -0.3 is 5.32 Å². The number of nitrogens with one attached hydrogen (secondary N) is 1. The number of hydrogen-bond acceptors (Lipinski definition) is 4. The molecule has 0 unspecified atom stereocenters. The molecular weight excluding hydrogens is 268 g/mol. The van der Waals surface area contributed by atoms with Gasteiger partial charge in [0.2, 0.25) is 10.0 Å². The van der Waals surface area contributed by atoms with Crippen molar-refractivity contribution in [1.82, 2.24) is 0 Å². The van der Waals surface area contributed by atoms with Crippen LogP contribution in [0.2, 0.25) is 0 Å². The van der Waals surface area contributed by atoms with Crippen LogP contribution in [0.3, 0.4) is 0 Å². The molecule has 0 aromatic heterocycles. The number of nitrogens with two attached hydrogens (primary N) is 1. The molecule has 1 fully saturated rings. The van der Waals surface area contributed by atoms with Crippen LogP contribution < -0.4 is 10.5 Å². The van der Waals surface area contributed by atoms with Crippen LogP contribution in [0.1, 0.15) is 19.3 Å². The molecule has 0 radical (unpaired) electrons. The van der Waals surface area contributed by atoms with E-state index >= 15 is 0 Å². The van der Waals surface area contributed by atoms with Gasteiger partial charge in [0.1, 0.15) is 0 Å². The molecule has 3 N–H and O–H groups in total. The van der Waals surface area contributed by atoms with E-state index in [1.807, 2.05) is 11.8 Å². The van der Waals surface area contributed by atoms with Gasteiger partial charge in [-0.1, -0.05) is 6.42 Å². The van der Waals surface area contributed by atoms with Crippen LogP contribution >= 0.6 is 11.8 Å². The number of thioether (sulfide) groups is 1. The Labute approximate surface area is 112 Å². The maximum Gasteiger partial charge on any atom is 0.238 e. The summed E-state index contributed by atoms with van der Waals surface area (Å²) in [4.78, 5) is 0.149. The predicted molar refractivity (Wildman–Crippen MR) is 76.4 cm³/mol. The second kappa shape index (κ2) is 5.11. The normalized spacial score (nSPS) is 18.1. The van der Waals surface area contributed by atoms with Crippen LogP contribution in [0.25, 0.3) is 0 Å². The molecule has 4 nitrogen and oxygen atoms in total. The van der Waals surface area contributed by atoms with Crippen LogP contribution in [0.4, 0.5) is 5.69 Å². The lowest BCUT2D eigenvalue weighted by Crippen LogP contribution is -2.40. The Morgan fingerprint density at radius 1 is 1.33 bits per heavy atom. The van der Waals surface area contributed by atoms with Crippen LogP contribution in [0.15, 0.2) is 29.2 Å². The number of sulfonamides is 1. The van der Waals surface area contributed by atoms with Gasteiger partial charge in [0, 0.05) is 17.0 Å². The fraction of sp³-hybridized carbons (Fsp3) is 0.500. The van der Waals surface area contributed by atoms with Crippen molar-refractivity contribution in [3.05, 3.63) is 24.3 Å². The molecule has 0 aliphatic heterocycles. The summed E-state index contributed by atoms with van der Waals surface area (Å²) in [7, 11) is -3.59. The lowest BCUT2D eigenvalue weighted by atomic mass is 9.84. The SMILES string of the molecule is CSC1(CNc2ccc(S(N)(=O)=O)cc2)CCC1. The highest BCUT2D eigenvalue weighted by Gasteiger charge is 2.35. The lowest BCUT2D eigenvalue weighted by molar-refractivity contribution is 0.380. The Balaban J connectivity index is 1.99. The summed E-state index contributed by atoms with van der Waals surface area (Å²) in [5.41, 5.74) is 0.933. The second-order valence-corrected chi connectivity index (χ2v) is 7.50. The average Bonchev–Trinajstić information content (AvgIpc) is 2.28. The van der Waals surface area contributed by atoms with Crippen molar-refractivity contribution in [3.8, 4) is 0 Å². The Kier molecular flexibility index (Phi) is 3.89. The van der Waals surface area contributed by atoms with Crippen molar-refractivity contribution in [1.29, 1.82) is 0 Å². The molecule has 1 aliphatic rings. The van der Waals surface area contributed by atoms with E-state index in [4.69, 9.17) is 5.14 Å². The average molecular weight is 286 g/mol. The van der Waals surface area contributed by atoms with E-state index in [-0.39, 0.29) is 4.90 Å². The minimum atomic E-state index is -3.59. The standard InChI is InChI=1S/C12H18N2O2S2/c1-17-12(7-2-8-12)9-14-10-3-5-11(6-4-10)18(13,15)16/h3-6,14H,2,7-9H2,1H3,(H2,13,15,16). The largest absolute Gasteiger partial charge is 0.384 e. The van der Waals surface area contributed by atoms with E-state index in [1.54, 1.807) is 12.1 Å². The molecule has 0 saturated heterocycles. The van der Waals surface area contributed by atoms with E-state index in [9.17, 15) is 8.42 Å². The summed E-state index contributed by atoms with van der Waals surface area (Å²) in [5, 5.41) is 8.41. The minimum absolute atomic E-state index is 0.149. The number of rotatable bonds is 5. The van der Waals surface area contributed by atoms with Gasteiger partial charge in [-0.3, -0.25) is 0 Å². The van der Waals surface area contributed by atoms with Gasteiger partial charge in [-0.2, -0.15) is 11.8 Å². The molecule has 0 bridgehead atoms. The van der Waals surface area contributed by atoms with E-state index in [2.05, 4.69) is 11.6 Å². The summed E-state index contributed by atoms with van der Waals surface area (Å²) in [6.45, 7) is 0.920. The molecule has 18 heavy (non-hydrogen) atoms. The molecule has 0 spiro atoms. The van der Waals surface area contributed by atoms with Crippen molar-refractivity contribution < 1.29 is 8.42 Å². The van der Waals surface area contributed by atoms with Gasteiger partial charge in [-0.05, 0) is 43.4 Å². The predicted octanol–water partition coefficient (Wildman–Crippen LogP) is 2.03. The summed E-state index contributed by atoms with van der Waals surface area (Å²) in [5.74, 6) is 0. The summed E-state index contributed by atoms with van der Waals surface area (Å²) in [6.07, 6.45) is 5.94. The molecule has 1 aromatic carbocycles.